The molecule has 0 radical (unpaired) electrons. The van der Waals surface area contributed by atoms with Crippen molar-refractivity contribution < 1.29 is 9.53 Å². The van der Waals surface area contributed by atoms with Crippen molar-refractivity contribution in [1.82, 2.24) is 25.0 Å². The van der Waals surface area contributed by atoms with Gasteiger partial charge in [-0.15, -0.1) is 10.2 Å². The molecule has 0 spiro atoms. The summed E-state index contributed by atoms with van der Waals surface area (Å²) in [7, 11) is 0. The van der Waals surface area contributed by atoms with Crippen molar-refractivity contribution in [1.29, 1.82) is 0 Å². The number of carbonyl (C=O) groups is 1. The molecule has 0 amide bonds. The Morgan fingerprint density at radius 2 is 2.31 bits per heavy atom. The topological polar surface area (TPSA) is 82.8 Å². The summed E-state index contributed by atoms with van der Waals surface area (Å²) in [6, 6.07) is 3.15. The number of aromatic nitrogens is 5. The van der Waals surface area contributed by atoms with Crippen LogP contribution < -0.4 is 0 Å². The zero-order valence-electron chi connectivity index (χ0n) is 8.57. The molecule has 82 valence electrons. The maximum atomic E-state index is 11.3. The average molecular weight is 219 g/mol. The molecule has 2 aromatic heterocycles. The first-order valence-corrected chi connectivity index (χ1v) is 4.67. The van der Waals surface area contributed by atoms with E-state index in [1.807, 2.05) is 0 Å². The summed E-state index contributed by atoms with van der Waals surface area (Å²) in [5.41, 5.74) is 0.172. The zero-order chi connectivity index (χ0) is 11.4. The molecule has 16 heavy (non-hydrogen) atoms. The van der Waals surface area contributed by atoms with Gasteiger partial charge in [0, 0.05) is 0 Å². The molecule has 0 unspecified atom stereocenters. The molecular formula is C9H9N5O2. The van der Waals surface area contributed by atoms with Crippen molar-refractivity contribution >= 4 is 5.97 Å². The fourth-order valence-corrected chi connectivity index (χ4v) is 1.09. The van der Waals surface area contributed by atoms with Gasteiger partial charge in [-0.1, -0.05) is 0 Å². The highest BCUT2D eigenvalue weighted by Crippen LogP contribution is 2.02. The van der Waals surface area contributed by atoms with Crippen LogP contribution in [0.4, 0.5) is 0 Å². The van der Waals surface area contributed by atoms with E-state index in [9.17, 15) is 4.79 Å². The third-order valence-corrected chi connectivity index (χ3v) is 1.79. The number of carbonyl (C=O) groups excluding carboxylic acids is 1. The van der Waals surface area contributed by atoms with E-state index in [1.165, 1.54) is 23.4 Å². The summed E-state index contributed by atoms with van der Waals surface area (Å²) in [6.07, 6.45) is 2.88. The Kier molecular flexibility index (Phi) is 2.86. The Hall–Kier alpha value is -2.31. The van der Waals surface area contributed by atoms with Crippen molar-refractivity contribution in [3.8, 4) is 5.82 Å². The van der Waals surface area contributed by atoms with Crippen molar-refractivity contribution in [3.05, 3.63) is 30.5 Å². The molecule has 0 aliphatic carbocycles. The number of esters is 1. The van der Waals surface area contributed by atoms with Gasteiger partial charge in [-0.25, -0.2) is 14.5 Å². The lowest BCUT2D eigenvalue weighted by Gasteiger charge is -2.01. The predicted octanol–water partition coefficient (Wildman–Crippen LogP) is 0.234. The van der Waals surface area contributed by atoms with Crippen molar-refractivity contribution in [2.75, 3.05) is 6.61 Å². The molecule has 0 aliphatic heterocycles. The Morgan fingerprint density at radius 1 is 1.44 bits per heavy atom. The van der Waals surface area contributed by atoms with Gasteiger partial charge < -0.3 is 4.74 Å². The molecule has 7 nitrogen and oxygen atoms in total. The van der Waals surface area contributed by atoms with Gasteiger partial charge in [0.1, 0.15) is 12.7 Å². The van der Waals surface area contributed by atoms with Gasteiger partial charge in [0.2, 0.25) is 0 Å². The van der Waals surface area contributed by atoms with Gasteiger partial charge in [-0.3, -0.25) is 0 Å². The van der Waals surface area contributed by atoms with Crippen LogP contribution in [0, 0.1) is 0 Å². The fraction of sp³-hybridized carbons (Fsp3) is 0.222. The molecular weight excluding hydrogens is 210 g/mol. The van der Waals surface area contributed by atoms with Crippen molar-refractivity contribution in [2.45, 2.75) is 6.92 Å². The van der Waals surface area contributed by atoms with Crippen LogP contribution in [0.5, 0.6) is 0 Å². The number of nitrogens with zero attached hydrogens (tertiary/aromatic N) is 5. The van der Waals surface area contributed by atoms with E-state index in [0.29, 0.717) is 12.4 Å². The highest BCUT2D eigenvalue weighted by Gasteiger charge is 2.09. The maximum Gasteiger partial charge on any atom is 0.358 e. The largest absolute Gasteiger partial charge is 0.461 e. The first-order chi connectivity index (χ1) is 7.81. The Balaban J connectivity index is 2.20. The molecule has 0 aliphatic rings. The molecule has 7 heteroatoms. The summed E-state index contributed by atoms with van der Waals surface area (Å²) in [4.78, 5) is 15.1. The lowest BCUT2D eigenvalue weighted by molar-refractivity contribution is 0.0518. The molecule has 0 saturated heterocycles. The fourth-order valence-electron chi connectivity index (χ4n) is 1.09. The molecule has 0 fully saturated rings. The van der Waals surface area contributed by atoms with Crippen LogP contribution in [-0.4, -0.2) is 37.5 Å². The average Bonchev–Trinajstić information content (AvgIpc) is 2.83. The second-order valence-corrected chi connectivity index (χ2v) is 2.84. The molecule has 0 bridgehead atoms. The molecule has 0 N–H and O–H groups in total. The van der Waals surface area contributed by atoms with Gasteiger partial charge in [0.05, 0.1) is 6.61 Å². The lowest BCUT2D eigenvalue weighted by atomic mass is 10.4. The van der Waals surface area contributed by atoms with E-state index in [0.717, 1.165) is 0 Å². The van der Waals surface area contributed by atoms with E-state index in [4.69, 9.17) is 4.74 Å². The highest BCUT2D eigenvalue weighted by molar-refractivity contribution is 5.86. The van der Waals surface area contributed by atoms with Crippen LogP contribution in [0.1, 0.15) is 17.4 Å². The molecule has 0 atom stereocenters. The Morgan fingerprint density at radius 3 is 2.88 bits per heavy atom. The minimum absolute atomic E-state index is 0.172. The van der Waals surface area contributed by atoms with Gasteiger partial charge in [-0.2, -0.15) is 5.10 Å². The zero-order valence-corrected chi connectivity index (χ0v) is 8.57. The first-order valence-electron chi connectivity index (χ1n) is 4.67. The molecule has 2 aromatic rings. The smallest absolute Gasteiger partial charge is 0.358 e. The van der Waals surface area contributed by atoms with E-state index in [1.54, 1.807) is 13.0 Å². The van der Waals surface area contributed by atoms with E-state index in [-0.39, 0.29) is 5.69 Å². The predicted molar refractivity (Wildman–Crippen MR) is 52.9 cm³/mol. The number of hydrogen-bond donors (Lipinski definition) is 0. The minimum Gasteiger partial charge on any atom is -0.461 e. The summed E-state index contributed by atoms with van der Waals surface area (Å²) in [5, 5.41) is 11.5. The second kappa shape index (κ2) is 4.47. The summed E-state index contributed by atoms with van der Waals surface area (Å²) >= 11 is 0. The van der Waals surface area contributed by atoms with Crippen molar-refractivity contribution in [2.24, 2.45) is 0 Å². The molecule has 2 rings (SSSR count). The quantitative estimate of drug-likeness (QED) is 0.687. The number of hydrogen-bond acceptors (Lipinski definition) is 6. The Bertz CT molecular complexity index is 465. The number of ether oxygens (including phenoxy) is 1. The highest BCUT2D eigenvalue weighted by atomic mass is 16.5. The second-order valence-electron chi connectivity index (χ2n) is 2.84. The normalized spacial score (nSPS) is 10.1. The lowest BCUT2D eigenvalue weighted by Crippen LogP contribution is -2.09. The summed E-state index contributed by atoms with van der Waals surface area (Å²) in [6.45, 7) is 2.04. The Labute approximate surface area is 91.1 Å². The first kappa shape index (κ1) is 10.2. The molecule has 2 heterocycles. The summed E-state index contributed by atoms with van der Waals surface area (Å²) < 4.78 is 6.23. The van der Waals surface area contributed by atoms with Crippen LogP contribution >= 0.6 is 0 Å². The van der Waals surface area contributed by atoms with E-state index < -0.39 is 5.97 Å². The number of rotatable bonds is 3. The van der Waals surface area contributed by atoms with Gasteiger partial charge in [-0.05, 0) is 19.1 Å². The van der Waals surface area contributed by atoms with Crippen molar-refractivity contribution in [3.63, 3.8) is 0 Å². The van der Waals surface area contributed by atoms with Gasteiger partial charge in [0.15, 0.2) is 11.5 Å². The van der Waals surface area contributed by atoms with Gasteiger partial charge >= 0.3 is 5.97 Å². The van der Waals surface area contributed by atoms with Crippen LogP contribution in [0.2, 0.25) is 0 Å². The summed E-state index contributed by atoms with van der Waals surface area (Å²) in [5.74, 6) is 0.00527. The van der Waals surface area contributed by atoms with E-state index >= 15 is 0 Å². The van der Waals surface area contributed by atoms with Gasteiger partial charge in [0.25, 0.3) is 0 Å². The minimum atomic E-state index is -0.486. The molecule has 0 aromatic carbocycles. The standard InChI is InChI=1S/C9H9N5O2/c1-2-16-9(15)7-3-4-8(13-12-7)14-6-10-5-11-14/h3-6H,2H2,1H3. The van der Waals surface area contributed by atoms with Crippen LogP contribution in [-0.2, 0) is 4.74 Å². The van der Waals surface area contributed by atoms with Crippen LogP contribution in [0.15, 0.2) is 24.8 Å². The SMILES string of the molecule is CCOC(=O)c1ccc(-n2cncn2)nn1. The maximum absolute atomic E-state index is 11.3. The van der Waals surface area contributed by atoms with Crippen LogP contribution in [0.25, 0.3) is 5.82 Å². The third-order valence-electron chi connectivity index (χ3n) is 1.79. The third kappa shape index (κ3) is 2.02. The van der Waals surface area contributed by atoms with Crippen LogP contribution in [0.3, 0.4) is 0 Å². The van der Waals surface area contributed by atoms with E-state index in [2.05, 4.69) is 20.3 Å². The molecule has 0 saturated carbocycles. The monoisotopic (exact) mass is 219 g/mol.